The Balaban J connectivity index is 1.50. The fraction of sp³-hybridized carbons (Fsp3) is 0.120. The first kappa shape index (κ1) is 25.3. The number of aromatic nitrogens is 2. The van der Waals surface area contributed by atoms with Crippen molar-refractivity contribution in [3.63, 3.8) is 0 Å². The van der Waals surface area contributed by atoms with E-state index < -0.39 is 29.6 Å². The summed E-state index contributed by atoms with van der Waals surface area (Å²) in [4.78, 5) is 25.9. The molecular formula is C25H18ClF3N4O2S. The number of halogens is 4. The first-order valence-corrected chi connectivity index (χ1v) is 11.8. The number of nitrogens with zero attached hydrogens (tertiary/aromatic N) is 2. The molecule has 4 rings (SSSR count). The molecule has 0 radical (unpaired) electrons. The minimum absolute atomic E-state index is 0.00481. The van der Waals surface area contributed by atoms with Crippen LogP contribution in [0.2, 0.25) is 5.02 Å². The van der Waals surface area contributed by atoms with Gasteiger partial charge >= 0.3 is 6.18 Å². The van der Waals surface area contributed by atoms with Crippen LogP contribution in [0.4, 0.5) is 18.3 Å². The number of amides is 2. The highest BCUT2D eigenvalue weighted by molar-refractivity contribution is 7.18. The molecule has 6 nitrogen and oxygen atoms in total. The quantitative estimate of drug-likeness (QED) is 0.313. The smallest absolute Gasteiger partial charge is 0.340 e. The highest BCUT2D eigenvalue weighted by Crippen LogP contribution is 2.29. The number of rotatable bonds is 7. The highest BCUT2D eigenvalue weighted by atomic mass is 35.5. The molecule has 0 spiro atoms. The zero-order valence-electron chi connectivity index (χ0n) is 18.4. The van der Waals surface area contributed by atoms with Gasteiger partial charge < -0.3 is 5.32 Å². The van der Waals surface area contributed by atoms with E-state index in [2.05, 4.69) is 20.8 Å². The third-order valence-electron chi connectivity index (χ3n) is 5.13. The van der Waals surface area contributed by atoms with Crippen LogP contribution in [-0.2, 0) is 17.4 Å². The van der Waals surface area contributed by atoms with Crippen LogP contribution < -0.4 is 10.6 Å². The molecule has 0 saturated heterocycles. The molecule has 1 heterocycles. The molecule has 11 heteroatoms. The van der Waals surface area contributed by atoms with Crippen molar-refractivity contribution < 1.29 is 22.8 Å². The zero-order chi connectivity index (χ0) is 25.7. The lowest BCUT2D eigenvalue weighted by Gasteiger charge is -2.18. The van der Waals surface area contributed by atoms with E-state index in [0.717, 1.165) is 46.7 Å². The number of carbonyl (C=O) groups is 2. The van der Waals surface area contributed by atoms with E-state index in [0.29, 0.717) is 10.0 Å². The van der Waals surface area contributed by atoms with Crippen molar-refractivity contribution in [3.05, 3.63) is 101 Å². The molecule has 1 aromatic heterocycles. The number of carbonyl (C=O) groups excluding carboxylic acids is 2. The van der Waals surface area contributed by atoms with Crippen molar-refractivity contribution in [2.45, 2.75) is 18.6 Å². The Morgan fingerprint density at radius 1 is 0.917 bits per heavy atom. The van der Waals surface area contributed by atoms with Gasteiger partial charge in [0.15, 0.2) is 0 Å². The Labute approximate surface area is 213 Å². The predicted octanol–water partition coefficient (Wildman–Crippen LogP) is 5.86. The van der Waals surface area contributed by atoms with Crippen molar-refractivity contribution >= 4 is 39.9 Å². The van der Waals surface area contributed by atoms with Gasteiger partial charge in [0.05, 0.1) is 5.56 Å². The monoisotopic (exact) mass is 530 g/mol. The Bertz CT molecular complexity index is 1340. The van der Waals surface area contributed by atoms with Gasteiger partial charge in [-0.25, -0.2) is 0 Å². The topological polar surface area (TPSA) is 84.0 Å². The largest absolute Gasteiger partial charge is 0.416 e. The van der Waals surface area contributed by atoms with Crippen LogP contribution in [-0.4, -0.2) is 28.1 Å². The Morgan fingerprint density at radius 3 is 2.22 bits per heavy atom. The summed E-state index contributed by atoms with van der Waals surface area (Å²) in [7, 11) is 0. The SMILES string of the molecule is O=C(N[C@@H](Cc1ccccc1)C(=O)Nc1nnc(-c2ccc(Cl)cc2)s1)c1ccc(C(F)(F)F)cc1. The molecule has 0 bridgehead atoms. The van der Waals surface area contributed by atoms with Crippen molar-refractivity contribution in [2.24, 2.45) is 0 Å². The number of anilines is 1. The number of hydrogen-bond donors (Lipinski definition) is 2. The second-order valence-electron chi connectivity index (χ2n) is 7.70. The van der Waals surface area contributed by atoms with Crippen molar-refractivity contribution in [1.82, 2.24) is 15.5 Å². The molecule has 1 atom stereocenters. The molecule has 2 amide bonds. The molecule has 3 aromatic carbocycles. The molecule has 0 aliphatic rings. The first-order chi connectivity index (χ1) is 17.2. The second-order valence-corrected chi connectivity index (χ2v) is 9.11. The first-order valence-electron chi connectivity index (χ1n) is 10.6. The number of benzene rings is 3. The molecule has 0 unspecified atom stereocenters. The van der Waals surface area contributed by atoms with E-state index in [1.165, 1.54) is 0 Å². The normalized spacial score (nSPS) is 12.1. The summed E-state index contributed by atoms with van der Waals surface area (Å²) in [6.07, 6.45) is -4.36. The van der Waals surface area contributed by atoms with Gasteiger partial charge in [0.1, 0.15) is 11.0 Å². The Hall–Kier alpha value is -3.76. The lowest BCUT2D eigenvalue weighted by Crippen LogP contribution is -2.45. The number of alkyl halides is 3. The van der Waals surface area contributed by atoms with Crippen molar-refractivity contribution in [2.75, 3.05) is 5.32 Å². The summed E-state index contributed by atoms with van der Waals surface area (Å²) < 4.78 is 38.5. The zero-order valence-corrected chi connectivity index (χ0v) is 20.0. The minimum Gasteiger partial charge on any atom is -0.340 e. The summed E-state index contributed by atoms with van der Waals surface area (Å²) in [5.41, 5.74) is 0.679. The third kappa shape index (κ3) is 6.46. The summed E-state index contributed by atoms with van der Waals surface area (Å²) >= 11 is 7.06. The van der Waals surface area contributed by atoms with Gasteiger partial charge in [-0.05, 0) is 42.0 Å². The number of nitrogens with one attached hydrogen (secondary N) is 2. The summed E-state index contributed by atoms with van der Waals surface area (Å²) in [5, 5.41) is 14.7. The van der Waals surface area contributed by atoms with Crippen LogP contribution in [0, 0.1) is 0 Å². The van der Waals surface area contributed by atoms with Crippen LogP contribution in [0.5, 0.6) is 0 Å². The fourth-order valence-electron chi connectivity index (χ4n) is 3.29. The molecular weight excluding hydrogens is 513 g/mol. The van der Waals surface area contributed by atoms with Crippen LogP contribution in [0.25, 0.3) is 10.6 Å². The molecule has 184 valence electrons. The van der Waals surface area contributed by atoms with E-state index in [9.17, 15) is 22.8 Å². The lowest BCUT2D eigenvalue weighted by atomic mass is 10.0. The maximum atomic E-state index is 13.1. The fourth-order valence-corrected chi connectivity index (χ4v) is 4.16. The Kier molecular flexibility index (Phi) is 7.66. The van der Waals surface area contributed by atoms with Gasteiger partial charge in [0.25, 0.3) is 5.91 Å². The van der Waals surface area contributed by atoms with Crippen LogP contribution in [0.15, 0.2) is 78.9 Å². The molecule has 0 aliphatic heterocycles. The van der Waals surface area contributed by atoms with Gasteiger partial charge in [-0.1, -0.05) is 65.4 Å². The van der Waals surface area contributed by atoms with Crippen LogP contribution >= 0.6 is 22.9 Å². The molecule has 0 saturated carbocycles. The van der Waals surface area contributed by atoms with E-state index in [1.54, 1.807) is 48.5 Å². The molecule has 36 heavy (non-hydrogen) atoms. The second kappa shape index (κ2) is 10.9. The summed E-state index contributed by atoms with van der Waals surface area (Å²) in [6, 6.07) is 18.7. The Morgan fingerprint density at radius 2 is 1.58 bits per heavy atom. The summed E-state index contributed by atoms with van der Waals surface area (Å²) in [6.45, 7) is 0. The molecule has 0 aliphatic carbocycles. The number of hydrogen-bond acceptors (Lipinski definition) is 5. The van der Waals surface area contributed by atoms with Crippen molar-refractivity contribution in [1.29, 1.82) is 0 Å². The van der Waals surface area contributed by atoms with E-state index in [-0.39, 0.29) is 17.1 Å². The average Bonchev–Trinajstić information content (AvgIpc) is 3.32. The van der Waals surface area contributed by atoms with Gasteiger partial charge in [0.2, 0.25) is 11.0 Å². The lowest BCUT2D eigenvalue weighted by molar-refractivity contribution is -0.137. The summed E-state index contributed by atoms with van der Waals surface area (Å²) in [5.74, 6) is -1.23. The third-order valence-corrected chi connectivity index (χ3v) is 6.26. The highest BCUT2D eigenvalue weighted by Gasteiger charge is 2.30. The predicted molar refractivity (Wildman–Crippen MR) is 132 cm³/mol. The van der Waals surface area contributed by atoms with Gasteiger partial charge in [-0.2, -0.15) is 13.2 Å². The maximum absolute atomic E-state index is 13.1. The van der Waals surface area contributed by atoms with Gasteiger partial charge in [0, 0.05) is 22.6 Å². The standard InChI is InChI=1S/C25H18ClF3N4O2S/c26-19-12-8-17(9-13-19)23-32-33-24(36-23)31-22(35)20(14-15-4-2-1-3-5-15)30-21(34)16-6-10-18(11-7-16)25(27,28)29/h1-13,20H,14H2,(H,30,34)(H,31,33,35)/t20-/m0/s1. The molecule has 2 N–H and O–H groups in total. The minimum atomic E-state index is -4.52. The molecule has 4 aromatic rings. The van der Waals surface area contributed by atoms with Crippen LogP contribution in [0.3, 0.4) is 0 Å². The molecule has 0 fully saturated rings. The van der Waals surface area contributed by atoms with E-state index in [1.807, 2.05) is 6.07 Å². The van der Waals surface area contributed by atoms with Gasteiger partial charge in [-0.3, -0.25) is 14.9 Å². The van der Waals surface area contributed by atoms with E-state index >= 15 is 0 Å². The van der Waals surface area contributed by atoms with Crippen LogP contribution in [0.1, 0.15) is 21.5 Å². The maximum Gasteiger partial charge on any atom is 0.416 e. The average molecular weight is 531 g/mol. The van der Waals surface area contributed by atoms with E-state index in [4.69, 9.17) is 11.6 Å². The van der Waals surface area contributed by atoms with Gasteiger partial charge in [-0.15, -0.1) is 10.2 Å². The van der Waals surface area contributed by atoms with Crippen molar-refractivity contribution in [3.8, 4) is 10.6 Å².